The number of nitrogens with one attached hydrogen (secondary N) is 1. The van der Waals surface area contributed by atoms with Gasteiger partial charge in [0, 0.05) is 10.9 Å². The molecule has 0 bridgehead atoms. The summed E-state index contributed by atoms with van der Waals surface area (Å²) >= 11 is 0.962. The van der Waals surface area contributed by atoms with Crippen molar-refractivity contribution in [1.82, 2.24) is 4.98 Å². The molecule has 0 aliphatic rings. The average Bonchev–Trinajstić information content (AvgIpc) is 3.15. The first kappa shape index (κ1) is 24.1. The summed E-state index contributed by atoms with van der Waals surface area (Å²) < 4.78 is 5.16. The number of nitrogens with zero attached hydrogens (tertiary/aromatic N) is 1. The van der Waals surface area contributed by atoms with Gasteiger partial charge in [0.2, 0.25) is 0 Å². The van der Waals surface area contributed by atoms with E-state index in [4.69, 9.17) is 15.5 Å². The van der Waals surface area contributed by atoms with Crippen molar-refractivity contribution in [2.24, 2.45) is 5.73 Å². The number of esters is 1. The fourth-order valence-corrected chi connectivity index (χ4v) is 5.09. The minimum Gasteiger partial charge on any atom is -0.462 e. The number of carbonyl (C=O) groups excluding carboxylic acids is 3. The number of ether oxygens (including phenoxy) is 1. The van der Waals surface area contributed by atoms with Gasteiger partial charge in [0.05, 0.1) is 33.8 Å². The largest absolute Gasteiger partial charge is 0.462 e. The molecular weight excluding hydrogens is 462 g/mol. The maximum Gasteiger partial charge on any atom is 0.341 e. The smallest absolute Gasteiger partial charge is 0.341 e. The molecule has 0 spiro atoms. The first-order valence-electron chi connectivity index (χ1n) is 11.1. The van der Waals surface area contributed by atoms with Crippen LogP contribution in [0.2, 0.25) is 0 Å². The molecule has 0 saturated carbocycles. The van der Waals surface area contributed by atoms with Crippen molar-refractivity contribution in [3.63, 3.8) is 0 Å². The lowest BCUT2D eigenvalue weighted by Crippen LogP contribution is -2.17. The van der Waals surface area contributed by atoms with E-state index in [-0.39, 0.29) is 22.0 Å². The molecule has 0 fully saturated rings. The predicted octanol–water partition coefficient (Wildman–Crippen LogP) is 5.42. The van der Waals surface area contributed by atoms with E-state index >= 15 is 0 Å². The van der Waals surface area contributed by atoms with Crippen molar-refractivity contribution in [3.8, 4) is 11.3 Å². The van der Waals surface area contributed by atoms with Gasteiger partial charge in [-0.1, -0.05) is 48.0 Å². The Balaban J connectivity index is 1.86. The highest BCUT2D eigenvalue weighted by atomic mass is 32.1. The first-order valence-corrected chi connectivity index (χ1v) is 11.9. The Kier molecular flexibility index (Phi) is 6.66. The molecule has 0 aliphatic carbocycles. The summed E-state index contributed by atoms with van der Waals surface area (Å²) in [6, 6.07) is 15.3. The number of thiophene rings is 1. The third-order valence-electron chi connectivity index (χ3n) is 5.77. The van der Waals surface area contributed by atoms with Crippen LogP contribution in [0.5, 0.6) is 0 Å². The van der Waals surface area contributed by atoms with Crippen molar-refractivity contribution < 1.29 is 19.1 Å². The van der Waals surface area contributed by atoms with E-state index < -0.39 is 17.8 Å². The van der Waals surface area contributed by atoms with Gasteiger partial charge in [0.15, 0.2) is 0 Å². The zero-order valence-electron chi connectivity index (χ0n) is 19.9. The average molecular weight is 488 g/mol. The van der Waals surface area contributed by atoms with E-state index in [1.54, 1.807) is 13.8 Å². The molecule has 2 aromatic heterocycles. The molecule has 4 aromatic rings. The molecule has 0 aliphatic heterocycles. The van der Waals surface area contributed by atoms with Crippen LogP contribution in [-0.4, -0.2) is 29.4 Å². The van der Waals surface area contributed by atoms with E-state index in [1.165, 1.54) is 0 Å². The van der Waals surface area contributed by atoms with E-state index in [0.717, 1.165) is 22.5 Å². The van der Waals surface area contributed by atoms with Gasteiger partial charge in [0.25, 0.3) is 11.8 Å². The second kappa shape index (κ2) is 9.68. The normalized spacial score (nSPS) is 10.9. The minimum absolute atomic E-state index is 0.133. The number of benzene rings is 2. The second-order valence-electron chi connectivity index (χ2n) is 8.14. The molecule has 178 valence electrons. The fourth-order valence-electron chi connectivity index (χ4n) is 4.04. The molecule has 2 aromatic carbocycles. The molecule has 0 radical (unpaired) electrons. The van der Waals surface area contributed by atoms with Crippen molar-refractivity contribution >= 4 is 45.0 Å². The van der Waals surface area contributed by atoms with E-state index in [1.807, 2.05) is 62.4 Å². The quantitative estimate of drug-likeness (QED) is 0.353. The Morgan fingerprint density at radius 2 is 1.66 bits per heavy atom. The number of primary amides is 1. The van der Waals surface area contributed by atoms with E-state index in [9.17, 15) is 14.4 Å². The Morgan fingerprint density at radius 1 is 0.971 bits per heavy atom. The molecule has 0 atom stereocenters. The lowest BCUT2D eigenvalue weighted by atomic mass is 9.96. The van der Waals surface area contributed by atoms with E-state index in [2.05, 4.69) is 5.32 Å². The fraction of sp³-hybridized carbons (Fsp3) is 0.185. The highest BCUT2D eigenvalue weighted by Crippen LogP contribution is 2.35. The number of hydrogen-bond acceptors (Lipinski definition) is 6. The number of hydrogen-bond donors (Lipinski definition) is 2. The summed E-state index contributed by atoms with van der Waals surface area (Å²) in [5, 5.41) is 3.75. The standard InChI is InChI=1S/C27H25N3O4S/c1-5-34-27(33)21-16(4)23(24(28)31)35-26(21)30-25(32)20-15(3)22(17-12-10-14(2)11-13-17)29-19-9-7-6-8-18(19)20/h6-13H,5H2,1-4H3,(H2,28,31)(H,30,32). The topological polar surface area (TPSA) is 111 Å². The third kappa shape index (κ3) is 4.52. The molecular formula is C27H25N3O4S. The maximum atomic E-state index is 13.7. The number of aromatic nitrogens is 1. The highest BCUT2D eigenvalue weighted by molar-refractivity contribution is 7.18. The van der Waals surface area contributed by atoms with Crippen LogP contribution < -0.4 is 11.1 Å². The number of fused-ring (bicyclic) bond motifs is 1. The zero-order valence-corrected chi connectivity index (χ0v) is 20.7. The lowest BCUT2D eigenvalue weighted by molar-refractivity contribution is 0.0527. The number of aryl methyl sites for hydroxylation is 1. The second-order valence-corrected chi connectivity index (χ2v) is 9.16. The number of nitrogens with two attached hydrogens (primary N) is 1. The number of anilines is 1. The van der Waals surface area contributed by atoms with Gasteiger partial charge in [-0.15, -0.1) is 11.3 Å². The Morgan fingerprint density at radius 3 is 2.31 bits per heavy atom. The maximum absolute atomic E-state index is 13.7. The van der Waals surface area contributed by atoms with Gasteiger partial charge in [-0.05, 0) is 44.9 Å². The van der Waals surface area contributed by atoms with Gasteiger partial charge in [0.1, 0.15) is 5.00 Å². The zero-order chi connectivity index (χ0) is 25.3. The van der Waals surface area contributed by atoms with Gasteiger partial charge >= 0.3 is 5.97 Å². The van der Waals surface area contributed by atoms with Gasteiger partial charge in [-0.2, -0.15) is 0 Å². The molecule has 7 nitrogen and oxygen atoms in total. The van der Waals surface area contributed by atoms with Gasteiger partial charge in [-0.3, -0.25) is 9.59 Å². The monoisotopic (exact) mass is 487 g/mol. The molecule has 4 rings (SSSR count). The summed E-state index contributed by atoms with van der Waals surface area (Å²) in [7, 11) is 0. The Hall–Kier alpha value is -4.04. The van der Waals surface area contributed by atoms with Crippen molar-refractivity contribution in [1.29, 1.82) is 0 Å². The summed E-state index contributed by atoms with van der Waals surface area (Å²) in [6.45, 7) is 7.31. The van der Waals surface area contributed by atoms with Crippen molar-refractivity contribution in [2.75, 3.05) is 11.9 Å². The summed E-state index contributed by atoms with van der Waals surface area (Å²) in [5.74, 6) is -1.72. The van der Waals surface area contributed by atoms with Crippen molar-refractivity contribution in [2.45, 2.75) is 27.7 Å². The van der Waals surface area contributed by atoms with Crippen LogP contribution in [0, 0.1) is 20.8 Å². The molecule has 8 heteroatoms. The minimum atomic E-state index is -0.675. The lowest BCUT2D eigenvalue weighted by Gasteiger charge is -2.15. The van der Waals surface area contributed by atoms with Crippen LogP contribution in [-0.2, 0) is 4.74 Å². The molecule has 0 unspecified atom stereocenters. The first-order chi connectivity index (χ1) is 16.7. The van der Waals surface area contributed by atoms with Crippen LogP contribution >= 0.6 is 11.3 Å². The SMILES string of the molecule is CCOC(=O)c1c(NC(=O)c2c(C)c(-c3ccc(C)cc3)nc3ccccc23)sc(C(N)=O)c1C. The highest BCUT2D eigenvalue weighted by Gasteiger charge is 2.27. The summed E-state index contributed by atoms with van der Waals surface area (Å²) in [4.78, 5) is 43.3. The van der Waals surface area contributed by atoms with Gasteiger partial charge in [-0.25, -0.2) is 9.78 Å². The van der Waals surface area contributed by atoms with Crippen LogP contribution in [0.3, 0.4) is 0 Å². The molecule has 0 saturated heterocycles. The van der Waals surface area contributed by atoms with Crippen LogP contribution in [0.1, 0.15) is 54.0 Å². The number of amides is 2. The Bertz CT molecular complexity index is 1470. The molecule has 3 N–H and O–H groups in total. The molecule has 2 heterocycles. The van der Waals surface area contributed by atoms with Crippen LogP contribution in [0.4, 0.5) is 5.00 Å². The molecule has 35 heavy (non-hydrogen) atoms. The third-order valence-corrected chi connectivity index (χ3v) is 6.99. The predicted molar refractivity (Wildman–Crippen MR) is 138 cm³/mol. The van der Waals surface area contributed by atoms with Crippen molar-refractivity contribution in [3.05, 3.63) is 81.2 Å². The van der Waals surface area contributed by atoms with Crippen LogP contribution in [0.15, 0.2) is 48.5 Å². The summed E-state index contributed by atoms with van der Waals surface area (Å²) in [5.41, 5.74) is 10.5. The number of rotatable bonds is 6. The number of pyridine rings is 1. The summed E-state index contributed by atoms with van der Waals surface area (Å²) in [6.07, 6.45) is 0. The van der Waals surface area contributed by atoms with Crippen LogP contribution in [0.25, 0.3) is 22.2 Å². The number of carbonyl (C=O) groups is 3. The molecule has 2 amide bonds. The van der Waals surface area contributed by atoms with E-state index in [0.29, 0.717) is 33.3 Å². The van der Waals surface area contributed by atoms with Gasteiger partial charge < -0.3 is 15.8 Å². The number of para-hydroxylation sites is 1. The Labute approximate surface area is 206 Å².